The summed E-state index contributed by atoms with van der Waals surface area (Å²) in [6, 6.07) is 5.37. The molecular formula is C12H14ClNO5S. The van der Waals surface area contributed by atoms with E-state index in [1.54, 1.807) is 0 Å². The lowest BCUT2D eigenvalue weighted by Crippen LogP contribution is -2.35. The maximum Gasteiger partial charge on any atom is 0.335 e. The molecule has 0 unspecified atom stereocenters. The molecular weight excluding hydrogens is 306 g/mol. The van der Waals surface area contributed by atoms with E-state index >= 15 is 0 Å². The number of carbonyl (C=O) groups is 1. The van der Waals surface area contributed by atoms with Crippen molar-refractivity contribution >= 4 is 27.6 Å². The van der Waals surface area contributed by atoms with E-state index in [-0.39, 0.29) is 17.9 Å². The molecule has 20 heavy (non-hydrogen) atoms. The fraction of sp³-hybridized carbons (Fsp3) is 0.417. The second-order valence-corrected chi connectivity index (χ2v) is 6.50. The molecule has 110 valence electrons. The SMILES string of the molecule is COC(=O)[C@H]1C[C@@H](NS(=O)(=O)c2ccc(Cl)cc2)CO1. The highest BCUT2D eigenvalue weighted by Crippen LogP contribution is 2.18. The summed E-state index contributed by atoms with van der Waals surface area (Å²) >= 11 is 5.72. The van der Waals surface area contributed by atoms with Gasteiger partial charge in [-0.3, -0.25) is 0 Å². The number of hydrogen-bond donors (Lipinski definition) is 1. The molecule has 1 aromatic carbocycles. The van der Waals surface area contributed by atoms with Crippen LogP contribution in [0.3, 0.4) is 0 Å². The van der Waals surface area contributed by atoms with Crippen LogP contribution in [0.25, 0.3) is 0 Å². The molecule has 1 saturated heterocycles. The summed E-state index contributed by atoms with van der Waals surface area (Å²) < 4.78 is 36.5. The van der Waals surface area contributed by atoms with Crippen LogP contribution in [0.15, 0.2) is 29.2 Å². The highest BCUT2D eigenvalue weighted by Gasteiger charge is 2.34. The van der Waals surface area contributed by atoms with Gasteiger partial charge in [0, 0.05) is 17.5 Å². The summed E-state index contributed by atoms with van der Waals surface area (Å²) in [5.74, 6) is -0.502. The van der Waals surface area contributed by atoms with Crippen LogP contribution in [0.5, 0.6) is 0 Å². The Kier molecular flexibility index (Phi) is 4.64. The van der Waals surface area contributed by atoms with E-state index in [1.807, 2.05) is 0 Å². The number of sulfonamides is 1. The number of methoxy groups -OCH3 is 1. The van der Waals surface area contributed by atoms with E-state index in [9.17, 15) is 13.2 Å². The van der Waals surface area contributed by atoms with Crippen LogP contribution in [-0.2, 0) is 24.3 Å². The Morgan fingerprint density at radius 3 is 2.65 bits per heavy atom. The van der Waals surface area contributed by atoms with Gasteiger partial charge >= 0.3 is 5.97 Å². The minimum absolute atomic E-state index is 0.114. The normalized spacial score (nSPS) is 22.7. The first kappa shape index (κ1) is 15.2. The first-order chi connectivity index (χ1) is 9.42. The summed E-state index contributed by atoms with van der Waals surface area (Å²) in [4.78, 5) is 11.4. The minimum Gasteiger partial charge on any atom is -0.467 e. The van der Waals surface area contributed by atoms with Crippen LogP contribution in [0.4, 0.5) is 0 Å². The van der Waals surface area contributed by atoms with Crippen LogP contribution in [0.1, 0.15) is 6.42 Å². The summed E-state index contributed by atoms with van der Waals surface area (Å²) in [6.45, 7) is 0.132. The molecule has 0 aromatic heterocycles. The van der Waals surface area contributed by atoms with Crippen LogP contribution >= 0.6 is 11.6 Å². The van der Waals surface area contributed by atoms with E-state index in [4.69, 9.17) is 16.3 Å². The molecule has 0 bridgehead atoms. The van der Waals surface area contributed by atoms with Gasteiger partial charge in [0.2, 0.25) is 10.0 Å². The number of esters is 1. The van der Waals surface area contributed by atoms with Crippen LogP contribution in [0, 0.1) is 0 Å². The Bertz CT molecular complexity index is 586. The molecule has 2 atom stereocenters. The van der Waals surface area contributed by atoms with Gasteiger partial charge in [-0.25, -0.2) is 17.9 Å². The average molecular weight is 320 g/mol. The molecule has 2 rings (SSSR count). The number of nitrogens with one attached hydrogen (secondary N) is 1. The van der Waals surface area contributed by atoms with Crippen molar-refractivity contribution < 1.29 is 22.7 Å². The smallest absolute Gasteiger partial charge is 0.335 e. The zero-order chi connectivity index (χ0) is 14.8. The third-order valence-electron chi connectivity index (χ3n) is 2.91. The monoisotopic (exact) mass is 319 g/mol. The Morgan fingerprint density at radius 1 is 1.40 bits per heavy atom. The zero-order valence-electron chi connectivity index (χ0n) is 10.7. The fourth-order valence-corrected chi connectivity index (χ4v) is 3.27. The standard InChI is InChI=1S/C12H14ClNO5S/c1-18-12(15)11-6-9(7-19-11)14-20(16,17)10-4-2-8(13)3-5-10/h2-5,9,11,14H,6-7H2,1H3/t9-,11-/m1/s1. The Balaban J connectivity index is 2.03. The second-order valence-electron chi connectivity index (χ2n) is 4.35. The van der Waals surface area contributed by atoms with E-state index in [0.717, 1.165) is 0 Å². The number of benzene rings is 1. The predicted octanol–water partition coefficient (Wildman–Crippen LogP) is 0.949. The van der Waals surface area contributed by atoms with Crippen molar-refractivity contribution in [3.63, 3.8) is 0 Å². The van der Waals surface area contributed by atoms with E-state index in [0.29, 0.717) is 5.02 Å². The summed E-state index contributed by atoms with van der Waals surface area (Å²) in [6.07, 6.45) is -0.475. The highest BCUT2D eigenvalue weighted by molar-refractivity contribution is 7.89. The fourth-order valence-electron chi connectivity index (χ4n) is 1.91. The number of hydrogen-bond acceptors (Lipinski definition) is 5. The average Bonchev–Trinajstić information content (AvgIpc) is 2.86. The number of ether oxygens (including phenoxy) is 2. The number of rotatable bonds is 4. The van der Waals surface area contributed by atoms with Crippen molar-refractivity contribution in [2.24, 2.45) is 0 Å². The lowest BCUT2D eigenvalue weighted by Gasteiger charge is -2.11. The Labute approximate surface area is 122 Å². The van der Waals surface area contributed by atoms with Gasteiger partial charge in [0.05, 0.1) is 18.6 Å². The molecule has 1 aliphatic heterocycles. The van der Waals surface area contributed by atoms with Gasteiger partial charge in [-0.1, -0.05) is 11.6 Å². The van der Waals surface area contributed by atoms with Crippen molar-refractivity contribution in [2.45, 2.75) is 23.5 Å². The molecule has 1 heterocycles. The van der Waals surface area contributed by atoms with Gasteiger partial charge in [-0.2, -0.15) is 0 Å². The molecule has 0 spiro atoms. The Hall–Kier alpha value is -1.15. The summed E-state index contributed by atoms with van der Waals surface area (Å²) in [5.41, 5.74) is 0. The van der Waals surface area contributed by atoms with Crippen LogP contribution < -0.4 is 4.72 Å². The molecule has 8 heteroatoms. The largest absolute Gasteiger partial charge is 0.467 e. The van der Waals surface area contributed by atoms with Crippen LogP contribution in [-0.4, -0.2) is 40.2 Å². The molecule has 0 saturated carbocycles. The number of carbonyl (C=O) groups excluding carboxylic acids is 1. The van der Waals surface area contributed by atoms with Crippen molar-refractivity contribution in [3.05, 3.63) is 29.3 Å². The second kappa shape index (κ2) is 6.09. The van der Waals surface area contributed by atoms with Gasteiger partial charge in [0.25, 0.3) is 0 Å². The zero-order valence-corrected chi connectivity index (χ0v) is 12.3. The third kappa shape index (κ3) is 3.49. The lowest BCUT2D eigenvalue weighted by molar-refractivity contribution is -0.151. The first-order valence-corrected chi connectivity index (χ1v) is 7.76. The molecule has 6 nitrogen and oxygen atoms in total. The van der Waals surface area contributed by atoms with Gasteiger partial charge < -0.3 is 9.47 Å². The van der Waals surface area contributed by atoms with Crippen molar-refractivity contribution in [1.82, 2.24) is 4.72 Å². The van der Waals surface area contributed by atoms with Gasteiger partial charge in [-0.15, -0.1) is 0 Å². The molecule has 0 aliphatic carbocycles. The Morgan fingerprint density at radius 2 is 2.05 bits per heavy atom. The van der Waals surface area contributed by atoms with Gasteiger partial charge in [-0.05, 0) is 24.3 Å². The van der Waals surface area contributed by atoms with E-state index in [2.05, 4.69) is 9.46 Å². The van der Waals surface area contributed by atoms with Gasteiger partial charge in [0.15, 0.2) is 6.10 Å². The minimum atomic E-state index is -3.66. The molecule has 0 radical (unpaired) electrons. The van der Waals surface area contributed by atoms with E-state index in [1.165, 1.54) is 31.4 Å². The summed E-state index contributed by atoms with van der Waals surface area (Å²) in [7, 11) is -2.40. The maximum atomic E-state index is 12.1. The third-order valence-corrected chi connectivity index (χ3v) is 4.70. The van der Waals surface area contributed by atoms with E-state index < -0.39 is 28.1 Å². The maximum absolute atomic E-state index is 12.1. The quantitative estimate of drug-likeness (QED) is 0.836. The molecule has 1 fully saturated rings. The van der Waals surface area contributed by atoms with Crippen molar-refractivity contribution in [3.8, 4) is 0 Å². The molecule has 1 N–H and O–H groups in total. The topological polar surface area (TPSA) is 81.7 Å². The molecule has 1 aliphatic rings. The predicted molar refractivity (Wildman–Crippen MR) is 71.9 cm³/mol. The van der Waals surface area contributed by atoms with Crippen molar-refractivity contribution in [1.29, 1.82) is 0 Å². The number of halogens is 1. The first-order valence-electron chi connectivity index (χ1n) is 5.89. The lowest BCUT2D eigenvalue weighted by atomic mass is 10.2. The summed E-state index contributed by atoms with van der Waals surface area (Å²) in [5, 5.41) is 0.457. The van der Waals surface area contributed by atoms with Crippen molar-refractivity contribution in [2.75, 3.05) is 13.7 Å². The highest BCUT2D eigenvalue weighted by atomic mass is 35.5. The molecule has 1 aromatic rings. The van der Waals surface area contributed by atoms with Gasteiger partial charge in [0.1, 0.15) is 0 Å². The molecule has 0 amide bonds. The van der Waals surface area contributed by atoms with Crippen LogP contribution in [0.2, 0.25) is 5.02 Å².